The maximum Gasteiger partial charge on any atom is 0.253 e. The van der Waals surface area contributed by atoms with E-state index in [4.69, 9.17) is 5.11 Å². The lowest BCUT2D eigenvalue weighted by molar-refractivity contribution is 0.197. The predicted molar refractivity (Wildman–Crippen MR) is 50.4 cm³/mol. The highest BCUT2D eigenvalue weighted by Crippen LogP contribution is 2.08. The van der Waals surface area contributed by atoms with Gasteiger partial charge in [-0.3, -0.25) is 4.79 Å². The van der Waals surface area contributed by atoms with E-state index in [1.165, 1.54) is 0 Å². The average molecular weight is 265 g/mol. The second-order valence-electron chi connectivity index (χ2n) is 2.28. The molecule has 3 nitrogen and oxygen atoms in total. The number of nitrogens with one attached hydrogen (secondary N) is 1. The van der Waals surface area contributed by atoms with Crippen molar-refractivity contribution in [1.29, 1.82) is 0 Å². The van der Waals surface area contributed by atoms with Gasteiger partial charge in [-0.1, -0.05) is 0 Å². The number of aliphatic hydroxyl groups excluding tert-OH is 1. The summed E-state index contributed by atoms with van der Waals surface area (Å²) in [5.74, 6) is 0. The molecule has 0 aliphatic rings. The fourth-order valence-electron chi connectivity index (χ4n) is 0.784. The van der Waals surface area contributed by atoms with Gasteiger partial charge in [0, 0.05) is 15.3 Å². The molecule has 11 heavy (non-hydrogen) atoms. The van der Waals surface area contributed by atoms with E-state index in [0.29, 0.717) is 5.56 Å². The van der Waals surface area contributed by atoms with Gasteiger partial charge >= 0.3 is 0 Å². The summed E-state index contributed by atoms with van der Waals surface area (Å²) < 4.78 is 0.915. The highest BCUT2D eigenvalue weighted by molar-refractivity contribution is 14.1. The van der Waals surface area contributed by atoms with Gasteiger partial charge in [0.15, 0.2) is 0 Å². The Kier molecular flexibility index (Phi) is 2.67. The Balaban J connectivity index is 3.24. The first-order valence-electron chi connectivity index (χ1n) is 3.17. The van der Waals surface area contributed by atoms with E-state index in [1.807, 2.05) is 0 Å². The summed E-state index contributed by atoms with van der Waals surface area (Å²) in [7, 11) is 0. The van der Waals surface area contributed by atoms with Crippen molar-refractivity contribution < 1.29 is 5.11 Å². The van der Waals surface area contributed by atoms with Gasteiger partial charge in [-0.15, -0.1) is 0 Å². The van der Waals surface area contributed by atoms with E-state index in [2.05, 4.69) is 27.6 Å². The standard InChI is InChI=1S/C7H8INO2/c1-4(10)6-2-5(8)3-9-7(6)11/h2-4,10H,1H3,(H,9,11). The summed E-state index contributed by atoms with van der Waals surface area (Å²) in [5.41, 5.74) is 0.192. The maximum atomic E-state index is 11.0. The van der Waals surface area contributed by atoms with Crippen LogP contribution in [0.25, 0.3) is 0 Å². The number of aromatic nitrogens is 1. The van der Waals surface area contributed by atoms with E-state index in [1.54, 1.807) is 19.2 Å². The van der Waals surface area contributed by atoms with Crippen LogP contribution in [0.15, 0.2) is 17.1 Å². The lowest BCUT2D eigenvalue weighted by Gasteiger charge is -2.01. The molecule has 1 aromatic heterocycles. The Morgan fingerprint density at radius 1 is 1.73 bits per heavy atom. The van der Waals surface area contributed by atoms with Gasteiger partial charge in [0.25, 0.3) is 5.56 Å². The molecule has 60 valence electrons. The van der Waals surface area contributed by atoms with Crippen LogP contribution in [-0.4, -0.2) is 10.1 Å². The van der Waals surface area contributed by atoms with Gasteiger partial charge in [-0.05, 0) is 35.6 Å². The van der Waals surface area contributed by atoms with E-state index in [-0.39, 0.29) is 5.56 Å². The molecule has 1 heterocycles. The van der Waals surface area contributed by atoms with Crippen molar-refractivity contribution in [3.8, 4) is 0 Å². The fourth-order valence-corrected chi connectivity index (χ4v) is 1.28. The van der Waals surface area contributed by atoms with Crippen LogP contribution >= 0.6 is 22.6 Å². The van der Waals surface area contributed by atoms with Crippen molar-refractivity contribution in [2.24, 2.45) is 0 Å². The van der Waals surface area contributed by atoms with Gasteiger partial charge in [-0.2, -0.15) is 0 Å². The topological polar surface area (TPSA) is 53.1 Å². The smallest absolute Gasteiger partial charge is 0.253 e. The van der Waals surface area contributed by atoms with Crippen LogP contribution in [0.5, 0.6) is 0 Å². The zero-order chi connectivity index (χ0) is 8.43. The van der Waals surface area contributed by atoms with Crippen LogP contribution in [0.3, 0.4) is 0 Å². The van der Waals surface area contributed by atoms with Gasteiger partial charge in [0.2, 0.25) is 0 Å². The maximum absolute atomic E-state index is 11.0. The van der Waals surface area contributed by atoms with Crippen LogP contribution in [0.4, 0.5) is 0 Å². The number of hydrogen-bond donors (Lipinski definition) is 2. The number of halogens is 1. The molecule has 0 fully saturated rings. The second kappa shape index (κ2) is 3.36. The Hall–Kier alpha value is -0.360. The Bertz CT molecular complexity index is 306. The SMILES string of the molecule is CC(O)c1cc(I)c[nH]c1=O. The minimum absolute atomic E-state index is 0.222. The molecule has 1 aromatic rings. The molecule has 0 saturated heterocycles. The average Bonchev–Trinajstić information content (AvgIpc) is 1.94. The summed E-state index contributed by atoms with van der Waals surface area (Å²) >= 11 is 2.07. The number of H-pyrrole nitrogens is 1. The molecule has 1 unspecified atom stereocenters. The molecule has 1 atom stereocenters. The lowest BCUT2D eigenvalue weighted by atomic mass is 10.2. The molecule has 0 radical (unpaired) electrons. The number of aliphatic hydroxyl groups is 1. The highest BCUT2D eigenvalue weighted by atomic mass is 127. The molecule has 1 rings (SSSR count). The van der Waals surface area contributed by atoms with E-state index >= 15 is 0 Å². The lowest BCUT2D eigenvalue weighted by Crippen LogP contribution is -2.14. The molecule has 0 spiro atoms. The van der Waals surface area contributed by atoms with Gasteiger partial charge < -0.3 is 10.1 Å². The summed E-state index contributed by atoms with van der Waals surface area (Å²) in [6.45, 7) is 1.57. The minimum atomic E-state index is -0.700. The van der Waals surface area contributed by atoms with Crippen molar-refractivity contribution in [1.82, 2.24) is 4.98 Å². The number of rotatable bonds is 1. The zero-order valence-corrected chi connectivity index (χ0v) is 8.12. The van der Waals surface area contributed by atoms with Crippen LogP contribution < -0.4 is 5.56 Å². The third-order valence-electron chi connectivity index (χ3n) is 1.35. The summed E-state index contributed by atoms with van der Waals surface area (Å²) in [5, 5.41) is 9.11. The van der Waals surface area contributed by atoms with E-state index in [9.17, 15) is 4.79 Å². The van der Waals surface area contributed by atoms with Gasteiger partial charge in [0.05, 0.1) is 6.10 Å². The van der Waals surface area contributed by atoms with Crippen LogP contribution in [0.1, 0.15) is 18.6 Å². The molecule has 0 amide bonds. The summed E-state index contributed by atoms with van der Waals surface area (Å²) in [6.07, 6.45) is 0.905. The quantitative estimate of drug-likeness (QED) is 0.745. The van der Waals surface area contributed by atoms with Crippen molar-refractivity contribution in [3.05, 3.63) is 31.8 Å². The second-order valence-corrected chi connectivity index (χ2v) is 3.52. The monoisotopic (exact) mass is 265 g/mol. The third kappa shape index (κ3) is 2.03. The molecular weight excluding hydrogens is 257 g/mol. The normalized spacial score (nSPS) is 13.0. The van der Waals surface area contributed by atoms with Crippen LogP contribution in [0.2, 0.25) is 0 Å². The first kappa shape index (κ1) is 8.73. The zero-order valence-electron chi connectivity index (χ0n) is 5.97. The molecule has 4 heteroatoms. The number of hydrogen-bond acceptors (Lipinski definition) is 2. The molecule has 2 N–H and O–H groups in total. The first-order chi connectivity index (χ1) is 5.11. The fraction of sp³-hybridized carbons (Fsp3) is 0.286. The van der Waals surface area contributed by atoms with Crippen molar-refractivity contribution in [2.45, 2.75) is 13.0 Å². The van der Waals surface area contributed by atoms with Gasteiger partial charge in [0.1, 0.15) is 0 Å². The summed E-state index contributed by atoms with van der Waals surface area (Å²) in [6, 6.07) is 1.67. The van der Waals surface area contributed by atoms with Crippen molar-refractivity contribution in [3.63, 3.8) is 0 Å². The van der Waals surface area contributed by atoms with Crippen molar-refractivity contribution in [2.75, 3.05) is 0 Å². The minimum Gasteiger partial charge on any atom is -0.388 e. The molecule has 0 bridgehead atoms. The first-order valence-corrected chi connectivity index (χ1v) is 4.25. The largest absolute Gasteiger partial charge is 0.388 e. The molecule has 0 aromatic carbocycles. The Morgan fingerprint density at radius 3 is 2.82 bits per heavy atom. The molecule has 0 saturated carbocycles. The van der Waals surface area contributed by atoms with Crippen molar-refractivity contribution >= 4 is 22.6 Å². The van der Waals surface area contributed by atoms with Crippen LogP contribution in [-0.2, 0) is 0 Å². The van der Waals surface area contributed by atoms with E-state index < -0.39 is 6.10 Å². The molecule has 0 aliphatic heterocycles. The highest BCUT2D eigenvalue weighted by Gasteiger charge is 2.05. The van der Waals surface area contributed by atoms with Gasteiger partial charge in [-0.25, -0.2) is 0 Å². The molecular formula is C7H8INO2. The summed E-state index contributed by atoms with van der Waals surface area (Å²) in [4.78, 5) is 13.5. The number of pyridine rings is 1. The van der Waals surface area contributed by atoms with Crippen LogP contribution in [0, 0.1) is 3.57 Å². The number of aromatic amines is 1. The third-order valence-corrected chi connectivity index (χ3v) is 1.97. The predicted octanol–water partition coefficient (Wildman–Crippen LogP) is 1.03. The Morgan fingerprint density at radius 2 is 2.36 bits per heavy atom. The Labute approximate surface area is 77.6 Å². The molecule has 0 aliphatic carbocycles. The van der Waals surface area contributed by atoms with E-state index in [0.717, 1.165) is 3.57 Å².